The molecule has 1 N–H and O–H groups in total. The van der Waals surface area contributed by atoms with Crippen LogP contribution in [-0.4, -0.2) is 26.9 Å². The molecular formula is C19H23ClN2O3S. The highest BCUT2D eigenvalue weighted by atomic mass is 35.5. The van der Waals surface area contributed by atoms with Gasteiger partial charge < -0.3 is 5.32 Å². The van der Waals surface area contributed by atoms with E-state index in [-0.39, 0.29) is 23.4 Å². The van der Waals surface area contributed by atoms with Crippen molar-refractivity contribution in [2.75, 3.05) is 10.8 Å². The standard InChI is InChI=1S/C19H23ClN2O3S/c1-4-15(3)21-19(23)13-22(18-12-16(20)11-10-14(18)2)26(24,25)17-8-6-5-7-9-17/h5-12,15H,4,13H2,1-3H3,(H,21,23). The smallest absolute Gasteiger partial charge is 0.264 e. The number of benzene rings is 2. The molecule has 0 heterocycles. The number of carbonyl (C=O) groups is 1. The van der Waals surface area contributed by atoms with E-state index in [1.165, 1.54) is 12.1 Å². The molecule has 2 rings (SSSR count). The molecule has 0 spiro atoms. The normalized spacial score (nSPS) is 12.5. The molecule has 0 fully saturated rings. The van der Waals surface area contributed by atoms with Crippen molar-refractivity contribution in [1.29, 1.82) is 0 Å². The first kappa shape index (κ1) is 20.3. The van der Waals surface area contributed by atoms with E-state index in [2.05, 4.69) is 5.32 Å². The first-order valence-corrected chi connectivity index (χ1v) is 10.2. The van der Waals surface area contributed by atoms with Crippen molar-refractivity contribution in [3.63, 3.8) is 0 Å². The van der Waals surface area contributed by atoms with Crippen LogP contribution in [0.2, 0.25) is 5.02 Å². The van der Waals surface area contributed by atoms with Gasteiger partial charge in [-0.05, 0) is 50.1 Å². The quantitative estimate of drug-likeness (QED) is 0.777. The summed E-state index contributed by atoms with van der Waals surface area (Å²) in [4.78, 5) is 12.5. The van der Waals surface area contributed by atoms with Crippen LogP contribution in [0.25, 0.3) is 0 Å². The zero-order valence-corrected chi connectivity index (χ0v) is 16.6. The van der Waals surface area contributed by atoms with Crippen molar-refractivity contribution in [2.24, 2.45) is 0 Å². The van der Waals surface area contributed by atoms with Crippen molar-refractivity contribution in [3.05, 3.63) is 59.1 Å². The molecule has 0 aliphatic heterocycles. The van der Waals surface area contributed by atoms with Crippen LogP contribution in [-0.2, 0) is 14.8 Å². The van der Waals surface area contributed by atoms with E-state index in [4.69, 9.17) is 11.6 Å². The van der Waals surface area contributed by atoms with Crippen LogP contribution in [0.3, 0.4) is 0 Å². The molecule has 0 aromatic heterocycles. The number of sulfonamides is 1. The average Bonchev–Trinajstić information content (AvgIpc) is 2.62. The summed E-state index contributed by atoms with van der Waals surface area (Å²) in [6.07, 6.45) is 0.757. The molecule has 1 amide bonds. The lowest BCUT2D eigenvalue weighted by Crippen LogP contribution is -2.43. The van der Waals surface area contributed by atoms with Gasteiger partial charge >= 0.3 is 0 Å². The van der Waals surface area contributed by atoms with E-state index in [1.807, 2.05) is 13.8 Å². The second kappa shape index (κ2) is 8.56. The summed E-state index contributed by atoms with van der Waals surface area (Å²) < 4.78 is 27.5. The van der Waals surface area contributed by atoms with Crippen LogP contribution in [0.15, 0.2) is 53.4 Å². The molecule has 0 saturated heterocycles. The molecular weight excluding hydrogens is 372 g/mol. The van der Waals surface area contributed by atoms with Gasteiger partial charge in [0.1, 0.15) is 6.54 Å². The number of carbonyl (C=O) groups excluding carboxylic acids is 1. The molecule has 1 unspecified atom stereocenters. The highest BCUT2D eigenvalue weighted by molar-refractivity contribution is 7.92. The Kier molecular flexibility index (Phi) is 6.67. The van der Waals surface area contributed by atoms with Gasteiger partial charge in [0.15, 0.2) is 0 Å². The monoisotopic (exact) mass is 394 g/mol. The van der Waals surface area contributed by atoms with Crippen LogP contribution >= 0.6 is 11.6 Å². The molecule has 0 saturated carbocycles. The van der Waals surface area contributed by atoms with Crippen LogP contribution in [0.1, 0.15) is 25.8 Å². The van der Waals surface area contributed by atoms with E-state index in [0.29, 0.717) is 16.3 Å². The topological polar surface area (TPSA) is 66.5 Å². The number of halogens is 1. The lowest BCUT2D eigenvalue weighted by Gasteiger charge is -2.26. The van der Waals surface area contributed by atoms with E-state index in [0.717, 1.165) is 10.7 Å². The molecule has 7 heteroatoms. The minimum atomic E-state index is -3.92. The molecule has 0 bridgehead atoms. The number of hydrogen-bond acceptors (Lipinski definition) is 3. The van der Waals surface area contributed by atoms with Gasteiger partial charge in [0.25, 0.3) is 10.0 Å². The third kappa shape index (κ3) is 4.77. The Hall–Kier alpha value is -2.05. The van der Waals surface area contributed by atoms with Gasteiger partial charge in [-0.25, -0.2) is 8.42 Å². The van der Waals surface area contributed by atoms with Crippen molar-refractivity contribution < 1.29 is 13.2 Å². The number of aryl methyl sites for hydroxylation is 1. The number of anilines is 1. The zero-order chi connectivity index (χ0) is 19.3. The maximum absolute atomic E-state index is 13.2. The largest absolute Gasteiger partial charge is 0.352 e. The zero-order valence-electron chi connectivity index (χ0n) is 15.1. The van der Waals surface area contributed by atoms with Crippen molar-refractivity contribution in [1.82, 2.24) is 5.32 Å². The van der Waals surface area contributed by atoms with Gasteiger partial charge in [-0.2, -0.15) is 0 Å². The Morgan fingerprint density at radius 3 is 2.46 bits per heavy atom. The second-order valence-corrected chi connectivity index (χ2v) is 8.43. The summed E-state index contributed by atoms with van der Waals surface area (Å²) in [5.74, 6) is -0.363. The number of rotatable bonds is 7. The number of hydrogen-bond donors (Lipinski definition) is 1. The molecule has 0 aliphatic rings. The average molecular weight is 395 g/mol. The van der Waals surface area contributed by atoms with E-state index in [9.17, 15) is 13.2 Å². The molecule has 140 valence electrons. The Bertz CT molecular complexity index is 870. The Morgan fingerprint density at radius 2 is 1.85 bits per heavy atom. The van der Waals surface area contributed by atoms with Crippen LogP contribution < -0.4 is 9.62 Å². The maximum atomic E-state index is 13.2. The van der Waals surface area contributed by atoms with E-state index in [1.54, 1.807) is 43.3 Å². The first-order chi connectivity index (χ1) is 12.3. The Balaban J connectivity index is 2.49. The van der Waals surface area contributed by atoms with Gasteiger partial charge in [-0.3, -0.25) is 9.10 Å². The molecule has 26 heavy (non-hydrogen) atoms. The minimum absolute atomic E-state index is 0.0377. The summed E-state index contributed by atoms with van der Waals surface area (Å²) >= 11 is 6.08. The number of nitrogens with zero attached hydrogens (tertiary/aromatic N) is 1. The fraction of sp³-hybridized carbons (Fsp3) is 0.316. The van der Waals surface area contributed by atoms with E-state index < -0.39 is 10.0 Å². The summed E-state index contributed by atoms with van der Waals surface area (Å²) in [7, 11) is -3.92. The van der Waals surface area contributed by atoms with Crippen molar-refractivity contribution in [2.45, 2.75) is 38.1 Å². The van der Waals surface area contributed by atoms with Gasteiger partial charge in [0.2, 0.25) is 5.91 Å². The second-order valence-electron chi connectivity index (χ2n) is 6.13. The van der Waals surface area contributed by atoms with Gasteiger partial charge in [0.05, 0.1) is 10.6 Å². The van der Waals surface area contributed by atoms with Gasteiger partial charge in [-0.15, -0.1) is 0 Å². The Labute approximate surface area is 160 Å². The van der Waals surface area contributed by atoms with E-state index >= 15 is 0 Å². The van der Waals surface area contributed by atoms with Crippen molar-refractivity contribution >= 4 is 33.2 Å². The van der Waals surface area contributed by atoms with Gasteiger partial charge in [0, 0.05) is 11.1 Å². The van der Waals surface area contributed by atoms with Crippen LogP contribution in [0.5, 0.6) is 0 Å². The molecule has 0 radical (unpaired) electrons. The predicted molar refractivity (Wildman–Crippen MR) is 105 cm³/mol. The maximum Gasteiger partial charge on any atom is 0.264 e. The van der Waals surface area contributed by atoms with Crippen LogP contribution in [0, 0.1) is 6.92 Å². The molecule has 5 nitrogen and oxygen atoms in total. The highest BCUT2D eigenvalue weighted by Gasteiger charge is 2.28. The summed E-state index contributed by atoms with van der Waals surface area (Å²) in [6, 6.07) is 13.0. The predicted octanol–water partition coefficient (Wildman–Crippen LogP) is 3.76. The molecule has 2 aromatic rings. The number of amides is 1. The third-order valence-corrected chi connectivity index (χ3v) is 6.09. The fourth-order valence-electron chi connectivity index (χ4n) is 2.42. The number of nitrogens with one attached hydrogen (secondary N) is 1. The molecule has 2 aromatic carbocycles. The minimum Gasteiger partial charge on any atom is -0.352 e. The highest BCUT2D eigenvalue weighted by Crippen LogP contribution is 2.29. The SMILES string of the molecule is CCC(C)NC(=O)CN(c1cc(Cl)ccc1C)S(=O)(=O)c1ccccc1. The molecule has 1 atom stereocenters. The summed E-state index contributed by atoms with van der Waals surface area (Å²) in [5.41, 5.74) is 1.10. The third-order valence-electron chi connectivity index (χ3n) is 4.08. The lowest BCUT2D eigenvalue weighted by molar-refractivity contribution is -0.120. The fourth-order valence-corrected chi connectivity index (χ4v) is 4.09. The van der Waals surface area contributed by atoms with Gasteiger partial charge in [-0.1, -0.05) is 42.8 Å². The molecule has 0 aliphatic carbocycles. The first-order valence-electron chi connectivity index (χ1n) is 8.39. The van der Waals surface area contributed by atoms with Crippen molar-refractivity contribution in [3.8, 4) is 0 Å². The van der Waals surface area contributed by atoms with Crippen LogP contribution in [0.4, 0.5) is 5.69 Å². The Morgan fingerprint density at radius 1 is 1.19 bits per heavy atom. The lowest BCUT2D eigenvalue weighted by atomic mass is 10.2. The summed E-state index contributed by atoms with van der Waals surface area (Å²) in [6.45, 7) is 5.29. The summed E-state index contributed by atoms with van der Waals surface area (Å²) in [5, 5.41) is 3.21.